The molecule has 1 aromatic heterocycles. The number of aromatic nitrogens is 1. The molecular weight excluding hydrogens is 274 g/mol. The number of nitrogens with zero attached hydrogens (tertiary/aromatic N) is 2. The highest BCUT2D eigenvalue weighted by molar-refractivity contribution is 7.11. The van der Waals surface area contributed by atoms with Crippen LogP contribution in [0.4, 0.5) is 11.4 Å². The molecule has 1 aromatic carbocycles. The van der Waals surface area contributed by atoms with Crippen molar-refractivity contribution in [3.63, 3.8) is 0 Å². The zero-order valence-corrected chi connectivity index (χ0v) is 12.4. The minimum Gasteiger partial charge on any atom is -0.384 e. The lowest BCUT2D eigenvalue weighted by Crippen LogP contribution is -2.06. The number of hydrogen-bond donors (Lipinski definition) is 1. The van der Waals surface area contributed by atoms with Gasteiger partial charge in [-0.05, 0) is 25.0 Å². The Kier molecular flexibility index (Phi) is 4.68. The minimum atomic E-state index is -0.376. The fourth-order valence-electron chi connectivity index (χ4n) is 1.89. The van der Waals surface area contributed by atoms with Gasteiger partial charge in [0.25, 0.3) is 5.69 Å². The molecule has 0 saturated heterocycles. The monoisotopic (exact) mass is 291 g/mol. The van der Waals surface area contributed by atoms with Crippen LogP contribution in [0.25, 0.3) is 0 Å². The number of non-ortho nitro benzene ring substituents is 1. The fraction of sp³-hybridized carbons (Fsp3) is 0.357. The molecule has 0 saturated carbocycles. The maximum absolute atomic E-state index is 10.7. The molecule has 0 bridgehead atoms. The van der Waals surface area contributed by atoms with E-state index in [0.717, 1.165) is 35.6 Å². The van der Waals surface area contributed by atoms with Crippen LogP contribution >= 0.6 is 11.3 Å². The summed E-state index contributed by atoms with van der Waals surface area (Å²) < 4.78 is 0. The molecule has 0 spiro atoms. The highest BCUT2D eigenvalue weighted by Crippen LogP contribution is 2.21. The van der Waals surface area contributed by atoms with Crippen molar-refractivity contribution in [1.29, 1.82) is 0 Å². The number of anilines is 1. The van der Waals surface area contributed by atoms with Crippen LogP contribution in [-0.2, 0) is 12.8 Å². The van der Waals surface area contributed by atoms with Crippen molar-refractivity contribution in [1.82, 2.24) is 4.98 Å². The smallest absolute Gasteiger partial charge is 0.269 e. The second kappa shape index (κ2) is 6.47. The summed E-state index contributed by atoms with van der Waals surface area (Å²) in [5.41, 5.74) is 1.94. The summed E-state index contributed by atoms with van der Waals surface area (Å²) in [6.07, 6.45) is 3.81. The summed E-state index contributed by atoms with van der Waals surface area (Å²) in [7, 11) is 0. The summed E-state index contributed by atoms with van der Waals surface area (Å²) in [4.78, 5) is 16.0. The topological polar surface area (TPSA) is 68.1 Å². The standard InChI is InChI=1S/C14H17N3O2S/c1-3-12-9-16-14(20-12)6-7-15-13-5-4-11(17(18)19)8-10(13)2/h4-5,8-9,15H,3,6-7H2,1-2H3. The van der Waals surface area contributed by atoms with Crippen LogP contribution in [0.15, 0.2) is 24.4 Å². The SMILES string of the molecule is CCc1cnc(CCNc2ccc([N+](=O)[O-])cc2C)s1. The Balaban J connectivity index is 1.92. The van der Waals surface area contributed by atoms with Gasteiger partial charge in [-0.15, -0.1) is 11.3 Å². The van der Waals surface area contributed by atoms with Crippen LogP contribution in [-0.4, -0.2) is 16.5 Å². The Morgan fingerprint density at radius 3 is 2.85 bits per heavy atom. The molecule has 2 aromatic rings. The van der Waals surface area contributed by atoms with Gasteiger partial charge in [-0.2, -0.15) is 0 Å². The molecule has 0 unspecified atom stereocenters. The van der Waals surface area contributed by atoms with Crippen LogP contribution in [0.5, 0.6) is 0 Å². The largest absolute Gasteiger partial charge is 0.384 e. The summed E-state index contributed by atoms with van der Waals surface area (Å²) in [5.74, 6) is 0. The van der Waals surface area contributed by atoms with E-state index in [4.69, 9.17) is 0 Å². The van der Waals surface area contributed by atoms with Gasteiger partial charge in [0, 0.05) is 41.9 Å². The van der Waals surface area contributed by atoms with Crippen LogP contribution in [0.3, 0.4) is 0 Å². The minimum absolute atomic E-state index is 0.126. The van der Waals surface area contributed by atoms with E-state index in [1.54, 1.807) is 23.5 Å². The third-order valence-electron chi connectivity index (χ3n) is 3.03. The lowest BCUT2D eigenvalue weighted by Gasteiger charge is -2.08. The van der Waals surface area contributed by atoms with E-state index in [0.29, 0.717) is 0 Å². The lowest BCUT2D eigenvalue weighted by atomic mass is 10.2. The van der Waals surface area contributed by atoms with E-state index < -0.39 is 0 Å². The molecule has 0 radical (unpaired) electrons. The first-order chi connectivity index (χ1) is 9.60. The number of nitrogens with one attached hydrogen (secondary N) is 1. The van der Waals surface area contributed by atoms with Crippen molar-refractivity contribution in [3.8, 4) is 0 Å². The third-order valence-corrected chi connectivity index (χ3v) is 4.23. The Labute approximate surface area is 121 Å². The first kappa shape index (κ1) is 14.5. The normalized spacial score (nSPS) is 10.5. The van der Waals surface area contributed by atoms with Crippen molar-refractivity contribution in [2.24, 2.45) is 0 Å². The van der Waals surface area contributed by atoms with Gasteiger partial charge >= 0.3 is 0 Å². The van der Waals surface area contributed by atoms with Gasteiger partial charge in [-0.25, -0.2) is 4.98 Å². The quantitative estimate of drug-likeness (QED) is 0.652. The van der Waals surface area contributed by atoms with Gasteiger partial charge in [-0.3, -0.25) is 10.1 Å². The Hall–Kier alpha value is -1.95. The van der Waals surface area contributed by atoms with E-state index >= 15 is 0 Å². The Morgan fingerprint density at radius 2 is 2.25 bits per heavy atom. The van der Waals surface area contributed by atoms with Crippen molar-refractivity contribution >= 4 is 22.7 Å². The number of nitro groups is 1. The van der Waals surface area contributed by atoms with Crippen LogP contribution < -0.4 is 5.32 Å². The number of hydrogen-bond acceptors (Lipinski definition) is 5. The molecule has 0 aliphatic carbocycles. The molecular formula is C14H17N3O2S. The van der Waals surface area contributed by atoms with Gasteiger partial charge in [0.2, 0.25) is 0 Å². The number of benzene rings is 1. The number of aryl methyl sites for hydroxylation is 2. The molecule has 0 atom stereocenters. The molecule has 6 heteroatoms. The van der Waals surface area contributed by atoms with E-state index in [2.05, 4.69) is 17.2 Å². The summed E-state index contributed by atoms with van der Waals surface area (Å²) in [6.45, 7) is 4.76. The highest BCUT2D eigenvalue weighted by atomic mass is 32.1. The summed E-state index contributed by atoms with van der Waals surface area (Å²) in [6, 6.07) is 4.86. The van der Waals surface area contributed by atoms with Gasteiger partial charge < -0.3 is 5.32 Å². The number of rotatable bonds is 6. The predicted molar refractivity (Wildman–Crippen MR) is 81.5 cm³/mol. The second-order valence-electron chi connectivity index (χ2n) is 4.51. The average molecular weight is 291 g/mol. The van der Waals surface area contributed by atoms with Crippen molar-refractivity contribution in [2.75, 3.05) is 11.9 Å². The summed E-state index contributed by atoms with van der Waals surface area (Å²) in [5, 5.41) is 15.1. The summed E-state index contributed by atoms with van der Waals surface area (Å²) >= 11 is 1.74. The third kappa shape index (κ3) is 3.54. The first-order valence-corrected chi connectivity index (χ1v) is 7.34. The second-order valence-corrected chi connectivity index (χ2v) is 5.71. The van der Waals surface area contributed by atoms with Gasteiger partial charge in [0.15, 0.2) is 0 Å². The number of thiazole rings is 1. The lowest BCUT2D eigenvalue weighted by molar-refractivity contribution is -0.384. The van der Waals surface area contributed by atoms with E-state index in [1.807, 2.05) is 13.1 Å². The number of nitro benzene ring substituents is 1. The van der Waals surface area contributed by atoms with Crippen molar-refractivity contribution < 1.29 is 4.92 Å². The molecule has 0 aliphatic rings. The van der Waals surface area contributed by atoms with E-state index in [-0.39, 0.29) is 10.6 Å². The molecule has 0 amide bonds. The molecule has 20 heavy (non-hydrogen) atoms. The van der Waals surface area contributed by atoms with E-state index in [1.165, 1.54) is 10.9 Å². The van der Waals surface area contributed by atoms with Gasteiger partial charge in [-0.1, -0.05) is 6.92 Å². The average Bonchev–Trinajstić information content (AvgIpc) is 2.88. The van der Waals surface area contributed by atoms with E-state index in [9.17, 15) is 10.1 Å². The molecule has 0 aliphatic heterocycles. The van der Waals surface area contributed by atoms with Crippen molar-refractivity contribution in [2.45, 2.75) is 26.7 Å². The first-order valence-electron chi connectivity index (χ1n) is 6.52. The molecule has 106 valence electrons. The van der Waals surface area contributed by atoms with Crippen LogP contribution in [0, 0.1) is 17.0 Å². The van der Waals surface area contributed by atoms with Gasteiger partial charge in [0.05, 0.1) is 9.93 Å². The molecule has 5 nitrogen and oxygen atoms in total. The van der Waals surface area contributed by atoms with Crippen LogP contribution in [0.1, 0.15) is 22.4 Å². The Morgan fingerprint density at radius 1 is 1.45 bits per heavy atom. The maximum atomic E-state index is 10.7. The van der Waals surface area contributed by atoms with Crippen LogP contribution in [0.2, 0.25) is 0 Å². The zero-order valence-electron chi connectivity index (χ0n) is 11.5. The maximum Gasteiger partial charge on any atom is 0.269 e. The predicted octanol–water partition coefficient (Wildman–Crippen LogP) is 3.58. The molecule has 1 heterocycles. The van der Waals surface area contributed by atoms with Crippen molar-refractivity contribution in [3.05, 3.63) is 50.0 Å². The van der Waals surface area contributed by atoms with Gasteiger partial charge in [0.1, 0.15) is 0 Å². The molecule has 0 fully saturated rings. The Bertz CT molecular complexity index is 610. The fourth-order valence-corrected chi connectivity index (χ4v) is 2.75. The molecule has 2 rings (SSSR count). The highest BCUT2D eigenvalue weighted by Gasteiger charge is 2.08. The molecule has 1 N–H and O–H groups in total. The zero-order chi connectivity index (χ0) is 14.5.